The van der Waals surface area contributed by atoms with E-state index in [2.05, 4.69) is 10.3 Å². The van der Waals surface area contributed by atoms with Gasteiger partial charge in [0.1, 0.15) is 17.6 Å². The Balaban J connectivity index is 2.34. The van der Waals surface area contributed by atoms with Crippen LogP contribution in [-0.2, 0) is 0 Å². The van der Waals surface area contributed by atoms with E-state index in [9.17, 15) is 0 Å². The lowest BCUT2D eigenvalue weighted by Crippen LogP contribution is -1.99. The summed E-state index contributed by atoms with van der Waals surface area (Å²) in [6, 6.07) is 8.78. The van der Waals surface area contributed by atoms with Crippen molar-refractivity contribution in [3.8, 4) is 11.8 Å². The Labute approximate surface area is 115 Å². The second kappa shape index (κ2) is 5.46. The summed E-state index contributed by atoms with van der Waals surface area (Å²) in [7, 11) is 1.53. The number of pyridine rings is 1. The van der Waals surface area contributed by atoms with Crippen molar-refractivity contribution in [3.05, 3.63) is 41.0 Å². The van der Waals surface area contributed by atoms with Crippen LogP contribution >= 0.6 is 11.6 Å². The Morgan fingerprint density at radius 2 is 2.21 bits per heavy atom. The third-order valence-corrected chi connectivity index (χ3v) is 2.76. The van der Waals surface area contributed by atoms with Gasteiger partial charge in [0.15, 0.2) is 0 Å². The Kier molecular flexibility index (Phi) is 3.74. The summed E-state index contributed by atoms with van der Waals surface area (Å²) in [5.41, 5.74) is 7.11. The van der Waals surface area contributed by atoms with E-state index < -0.39 is 0 Å². The van der Waals surface area contributed by atoms with Gasteiger partial charge in [0, 0.05) is 11.8 Å². The lowest BCUT2D eigenvalue weighted by molar-refractivity contribution is 0.415. The van der Waals surface area contributed by atoms with Gasteiger partial charge in [0.2, 0.25) is 0 Å². The van der Waals surface area contributed by atoms with Crippen molar-refractivity contribution >= 4 is 28.8 Å². The van der Waals surface area contributed by atoms with Gasteiger partial charge in [-0.15, -0.1) is 0 Å². The number of rotatable bonds is 3. The van der Waals surface area contributed by atoms with E-state index in [0.29, 0.717) is 27.8 Å². The number of hydrogen-bond donors (Lipinski definition) is 2. The van der Waals surface area contributed by atoms with E-state index in [1.807, 2.05) is 6.07 Å². The second-order valence-corrected chi connectivity index (χ2v) is 4.16. The minimum Gasteiger partial charge on any atom is -0.495 e. The highest BCUT2D eigenvalue weighted by molar-refractivity contribution is 6.32. The summed E-state index contributed by atoms with van der Waals surface area (Å²) >= 11 is 5.94. The fourth-order valence-electron chi connectivity index (χ4n) is 1.54. The van der Waals surface area contributed by atoms with Crippen LogP contribution in [0.2, 0.25) is 5.02 Å². The molecule has 0 amide bonds. The van der Waals surface area contributed by atoms with E-state index >= 15 is 0 Å². The predicted octanol–water partition coefficient (Wildman–Crippen LogP) is 2.94. The molecule has 1 aromatic heterocycles. The first-order valence-corrected chi connectivity index (χ1v) is 5.78. The van der Waals surface area contributed by atoms with Crippen LogP contribution in [0.15, 0.2) is 30.5 Å². The standard InChI is InChI=1S/C13H11ClN4O/c1-19-12-5-10(2-3-11(12)14)18-13-8(6-15)4-9(16)7-17-13/h2-5,7H,16H2,1H3,(H,17,18). The third kappa shape index (κ3) is 2.87. The molecule has 0 bridgehead atoms. The van der Waals surface area contributed by atoms with Gasteiger partial charge in [-0.05, 0) is 18.2 Å². The van der Waals surface area contributed by atoms with E-state index in [1.54, 1.807) is 24.3 Å². The molecule has 0 fully saturated rings. The maximum absolute atomic E-state index is 9.03. The SMILES string of the molecule is COc1cc(Nc2ncc(N)cc2C#N)ccc1Cl. The van der Waals surface area contributed by atoms with Crippen LogP contribution in [0.1, 0.15) is 5.56 Å². The molecule has 1 heterocycles. The van der Waals surface area contributed by atoms with Gasteiger partial charge in [-0.25, -0.2) is 4.98 Å². The highest BCUT2D eigenvalue weighted by Gasteiger charge is 2.07. The molecule has 19 heavy (non-hydrogen) atoms. The number of halogens is 1. The van der Waals surface area contributed by atoms with Gasteiger partial charge >= 0.3 is 0 Å². The van der Waals surface area contributed by atoms with Crippen molar-refractivity contribution in [2.75, 3.05) is 18.2 Å². The summed E-state index contributed by atoms with van der Waals surface area (Å²) < 4.78 is 5.12. The van der Waals surface area contributed by atoms with Crippen LogP contribution in [0.4, 0.5) is 17.2 Å². The largest absolute Gasteiger partial charge is 0.495 e. The maximum atomic E-state index is 9.03. The molecule has 0 saturated heterocycles. The maximum Gasteiger partial charge on any atom is 0.148 e. The smallest absolute Gasteiger partial charge is 0.148 e. The van der Waals surface area contributed by atoms with E-state index in [4.69, 9.17) is 27.3 Å². The first kappa shape index (κ1) is 13.0. The first-order chi connectivity index (χ1) is 9.13. The minimum atomic E-state index is 0.369. The van der Waals surface area contributed by atoms with Crippen molar-refractivity contribution in [2.24, 2.45) is 0 Å². The molecule has 0 aliphatic rings. The monoisotopic (exact) mass is 274 g/mol. The molecule has 0 aliphatic heterocycles. The van der Waals surface area contributed by atoms with Crippen molar-refractivity contribution < 1.29 is 4.74 Å². The zero-order valence-corrected chi connectivity index (χ0v) is 10.9. The normalized spacial score (nSPS) is 9.74. The number of nitriles is 1. The zero-order valence-electron chi connectivity index (χ0n) is 10.1. The predicted molar refractivity (Wildman–Crippen MR) is 74.7 cm³/mol. The van der Waals surface area contributed by atoms with Crippen molar-refractivity contribution in [1.82, 2.24) is 4.98 Å². The number of nitrogens with zero attached hydrogens (tertiary/aromatic N) is 2. The number of hydrogen-bond acceptors (Lipinski definition) is 5. The number of nitrogens with two attached hydrogens (primary N) is 1. The van der Waals surface area contributed by atoms with Crippen LogP contribution in [0.25, 0.3) is 0 Å². The zero-order chi connectivity index (χ0) is 13.8. The fraction of sp³-hybridized carbons (Fsp3) is 0.0769. The van der Waals surface area contributed by atoms with Crippen LogP contribution in [0.5, 0.6) is 5.75 Å². The number of ether oxygens (including phenoxy) is 1. The number of benzene rings is 1. The van der Waals surface area contributed by atoms with Crippen LogP contribution in [0.3, 0.4) is 0 Å². The molecule has 0 spiro atoms. The minimum absolute atomic E-state index is 0.369. The van der Waals surface area contributed by atoms with Crippen molar-refractivity contribution in [3.63, 3.8) is 0 Å². The quantitative estimate of drug-likeness (QED) is 0.899. The number of nitrogens with one attached hydrogen (secondary N) is 1. The highest BCUT2D eigenvalue weighted by atomic mass is 35.5. The number of nitrogen functional groups attached to an aromatic ring is 1. The molecule has 5 nitrogen and oxygen atoms in total. The van der Waals surface area contributed by atoms with E-state index in [0.717, 1.165) is 5.69 Å². The molecule has 1 aromatic carbocycles. The lowest BCUT2D eigenvalue weighted by atomic mass is 10.2. The number of aromatic nitrogens is 1. The van der Waals surface area contributed by atoms with Gasteiger partial charge < -0.3 is 15.8 Å². The van der Waals surface area contributed by atoms with Gasteiger partial charge in [-0.3, -0.25) is 0 Å². The van der Waals surface area contributed by atoms with Crippen LogP contribution in [0, 0.1) is 11.3 Å². The highest BCUT2D eigenvalue weighted by Crippen LogP contribution is 2.29. The molecule has 0 aliphatic carbocycles. The fourth-order valence-corrected chi connectivity index (χ4v) is 1.73. The van der Waals surface area contributed by atoms with Gasteiger partial charge in [-0.1, -0.05) is 11.6 Å². The second-order valence-electron chi connectivity index (χ2n) is 3.75. The molecule has 0 saturated carbocycles. The molecular formula is C13H11ClN4O. The van der Waals surface area contributed by atoms with Crippen molar-refractivity contribution in [2.45, 2.75) is 0 Å². The van der Waals surface area contributed by atoms with Crippen LogP contribution in [-0.4, -0.2) is 12.1 Å². The van der Waals surface area contributed by atoms with Crippen LogP contribution < -0.4 is 15.8 Å². The molecule has 3 N–H and O–H groups in total. The Morgan fingerprint density at radius 3 is 2.89 bits per heavy atom. The number of anilines is 3. The van der Waals surface area contributed by atoms with Gasteiger partial charge in [0.25, 0.3) is 0 Å². The molecule has 0 radical (unpaired) electrons. The summed E-state index contributed by atoms with van der Waals surface area (Å²) in [6.07, 6.45) is 1.48. The molecular weight excluding hydrogens is 264 g/mol. The number of methoxy groups -OCH3 is 1. The molecule has 2 rings (SSSR count). The molecule has 0 atom stereocenters. The summed E-state index contributed by atoms with van der Waals surface area (Å²) in [4.78, 5) is 4.09. The van der Waals surface area contributed by atoms with E-state index in [1.165, 1.54) is 13.3 Å². The first-order valence-electron chi connectivity index (χ1n) is 5.40. The van der Waals surface area contributed by atoms with Gasteiger partial charge in [-0.2, -0.15) is 5.26 Å². The lowest BCUT2D eigenvalue weighted by Gasteiger charge is -2.10. The summed E-state index contributed by atoms with van der Waals surface area (Å²) in [5.74, 6) is 0.974. The molecule has 0 unspecified atom stereocenters. The Morgan fingerprint density at radius 1 is 1.42 bits per heavy atom. The Bertz CT molecular complexity index is 652. The molecule has 2 aromatic rings. The van der Waals surface area contributed by atoms with Crippen molar-refractivity contribution in [1.29, 1.82) is 5.26 Å². The van der Waals surface area contributed by atoms with E-state index in [-0.39, 0.29) is 0 Å². The molecule has 6 heteroatoms. The van der Waals surface area contributed by atoms with Gasteiger partial charge in [0.05, 0.1) is 29.6 Å². The Hall–Kier alpha value is -2.45. The third-order valence-electron chi connectivity index (χ3n) is 2.44. The molecule has 96 valence electrons. The summed E-state index contributed by atoms with van der Waals surface area (Å²) in [5, 5.41) is 12.6. The topological polar surface area (TPSA) is 84.0 Å². The average molecular weight is 275 g/mol. The average Bonchev–Trinajstić information content (AvgIpc) is 2.42. The summed E-state index contributed by atoms with van der Waals surface area (Å²) in [6.45, 7) is 0.